The lowest BCUT2D eigenvalue weighted by atomic mass is 10.1. The van der Waals surface area contributed by atoms with Gasteiger partial charge in [-0.1, -0.05) is 6.07 Å². The first-order chi connectivity index (χ1) is 12.1. The van der Waals surface area contributed by atoms with Gasteiger partial charge < -0.3 is 15.4 Å². The quantitative estimate of drug-likeness (QED) is 0.884. The zero-order chi connectivity index (χ0) is 17.6. The van der Waals surface area contributed by atoms with E-state index in [0.717, 1.165) is 37.8 Å². The molecule has 0 unspecified atom stereocenters. The molecule has 0 spiro atoms. The number of rotatable bonds is 5. The lowest BCUT2D eigenvalue weighted by Crippen LogP contribution is -2.35. The molecule has 1 fully saturated rings. The number of hydrogen-bond acceptors (Lipinski definition) is 5. The summed E-state index contributed by atoms with van der Waals surface area (Å²) in [5.41, 5.74) is 0.944. The van der Waals surface area contributed by atoms with Gasteiger partial charge in [-0.2, -0.15) is 5.26 Å². The van der Waals surface area contributed by atoms with E-state index in [1.807, 2.05) is 24.3 Å². The van der Waals surface area contributed by atoms with Crippen molar-refractivity contribution in [2.75, 3.05) is 18.4 Å². The number of ether oxygens (including phenoxy) is 1. The molecule has 1 aliphatic heterocycles. The minimum absolute atomic E-state index is 0.0991. The molecule has 124 valence electrons. The van der Waals surface area contributed by atoms with Gasteiger partial charge in [-0.15, -0.1) is 0 Å². The zero-order valence-corrected chi connectivity index (χ0v) is 13.2. The fraction of sp³-hybridized carbons (Fsp3) is 0.333. The van der Waals surface area contributed by atoms with Crippen LogP contribution >= 0.6 is 0 Å². The van der Waals surface area contributed by atoms with Crippen LogP contribution in [0.2, 0.25) is 1.41 Å². The van der Waals surface area contributed by atoms with E-state index in [0.29, 0.717) is 11.7 Å². The molecule has 1 aliphatic rings. The SMILES string of the molecule is [2H]N1CCC(Nc2cccc(COc3ccc(C#N)cc3F)n2)CC1. The average molecular weight is 327 g/mol. The first-order valence-corrected chi connectivity index (χ1v) is 7.93. The van der Waals surface area contributed by atoms with Crippen LogP contribution in [-0.2, 0) is 6.61 Å². The lowest BCUT2D eigenvalue weighted by Gasteiger charge is -2.24. The highest BCUT2D eigenvalue weighted by Gasteiger charge is 2.13. The van der Waals surface area contributed by atoms with E-state index in [-0.39, 0.29) is 17.9 Å². The van der Waals surface area contributed by atoms with E-state index in [1.165, 1.54) is 12.1 Å². The minimum Gasteiger partial charge on any atom is -0.484 e. The Labute approximate surface area is 141 Å². The van der Waals surface area contributed by atoms with Gasteiger partial charge in [0.05, 0.1) is 17.3 Å². The molecule has 0 bridgehead atoms. The van der Waals surface area contributed by atoms with E-state index in [4.69, 9.17) is 11.4 Å². The van der Waals surface area contributed by atoms with Gasteiger partial charge in [-0.3, -0.25) is 0 Å². The number of hydrogen-bond donors (Lipinski definition) is 2. The van der Waals surface area contributed by atoms with Crippen molar-refractivity contribution in [2.45, 2.75) is 25.5 Å². The number of nitrogens with one attached hydrogen (secondary N) is 2. The van der Waals surface area contributed by atoms with Crippen molar-refractivity contribution in [3.8, 4) is 11.8 Å². The highest BCUT2D eigenvalue weighted by Crippen LogP contribution is 2.19. The van der Waals surface area contributed by atoms with Gasteiger partial charge in [-0.05, 0) is 56.3 Å². The van der Waals surface area contributed by atoms with Crippen molar-refractivity contribution in [1.29, 1.82) is 5.26 Å². The molecule has 1 aromatic carbocycles. The molecule has 0 amide bonds. The van der Waals surface area contributed by atoms with Crippen LogP contribution < -0.4 is 15.4 Å². The first-order valence-electron chi connectivity index (χ1n) is 8.37. The Morgan fingerprint density at radius 3 is 2.96 bits per heavy atom. The smallest absolute Gasteiger partial charge is 0.166 e. The van der Waals surface area contributed by atoms with Crippen molar-refractivity contribution in [2.24, 2.45) is 0 Å². The second kappa shape index (κ2) is 7.75. The van der Waals surface area contributed by atoms with Crippen LogP contribution in [0.3, 0.4) is 0 Å². The molecule has 0 radical (unpaired) electrons. The number of pyridine rings is 1. The predicted molar refractivity (Wildman–Crippen MR) is 89.2 cm³/mol. The Bertz CT molecular complexity index is 772. The fourth-order valence-corrected chi connectivity index (χ4v) is 2.58. The van der Waals surface area contributed by atoms with Gasteiger partial charge in [0.2, 0.25) is 0 Å². The van der Waals surface area contributed by atoms with Gasteiger partial charge in [0, 0.05) is 6.04 Å². The maximum absolute atomic E-state index is 13.8. The Morgan fingerprint density at radius 2 is 2.21 bits per heavy atom. The van der Waals surface area contributed by atoms with E-state index in [2.05, 4.69) is 10.3 Å². The summed E-state index contributed by atoms with van der Waals surface area (Å²) >= 11 is 0. The van der Waals surface area contributed by atoms with Crippen LogP contribution in [0.5, 0.6) is 5.75 Å². The van der Waals surface area contributed by atoms with Gasteiger partial charge in [0.25, 0.3) is 0 Å². The van der Waals surface area contributed by atoms with E-state index >= 15 is 0 Å². The van der Waals surface area contributed by atoms with Gasteiger partial charge >= 0.3 is 0 Å². The number of nitrogens with zero attached hydrogens (tertiary/aromatic N) is 2. The molecule has 3 rings (SSSR count). The van der Waals surface area contributed by atoms with Crippen LogP contribution in [0, 0.1) is 17.1 Å². The van der Waals surface area contributed by atoms with Crippen LogP contribution in [-0.4, -0.2) is 24.1 Å². The summed E-state index contributed by atoms with van der Waals surface area (Å²) in [6, 6.07) is 11.9. The Balaban J connectivity index is 1.59. The van der Waals surface area contributed by atoms with Crippen molar-refractivity contribution < 1.29 is 10.5 Å². The van der Waals surface area contributed by atoms with Crippen LogP contribution in [0.1, 0.15) is 24.1 Å². The monoisotopic (exact) mass is 327 g/mol. The van der Waals surface area contributed by atoms with E-state index in [9.17, 15) is 4.39 Å². The summed E-state index contributed by atoms with van der Waals surface area (Å²) in [6.07, 6.45) is 1.81. The molecule has 0 atom stereocenters. The number of benzene rings is 1. The Morgan fingerprint density at radius 1 is 1.38 bits per heavy atom. The summed E-state index contributed by atoms with van der Waals surface area (Å²) in [5, 5.41) is 13.7. The van der Waals surface area contributed by atoms with Gasteiger partial charge in [0.15, 0.2) is 11.6 Å². The molecule has 6 heteroatoms. The van der Waals surface area contributed by atoms with E-state index < -0.39 is 5.82 Å². The van der Waals surface area contributed by atoms with Crippen molar-refractivity contribution in [3.05, 3.63) is 53.5 Å². The second-order valence-electron chi connectivity index (χ2n) is 5.65. The third-order valence-corrected chi connectivity index (χ3v) is 3.87. The topological polar surface area (TPSA) is 70.0 Å². The van der Waals surface area contributed by atoms with Crippen molar-refractivity contribution >= 4 is 5.82 Å². The molecule has 0 aliphatic carbocycles. The van der Waals surface area contributed by atoms with Crippen LogP contribution in [0.25, 0.3) is 0 Å². The molecular formula is C18H19FN4O. The molecule has 24 heavy (non-hydrogen) atoms. The van der Waals surface area contributed by atoms with Crippen LogP contribution in [0.4, 0.5) is 10.2 Å². The van der Waals surface area contributed by atoms with Crippen molar-refractivity contribution in [3.63, 3.8) is 0 Å². The molecule has 1 saturated heterocycles. The average Bonchev–Trinajstić information content (AvgIpc) is 2.63. The molecule has 2 heterocycles. The molecule has 2 aromatic rings. The Hall–Kier alpha value is -2.65. The fourth-order valence-electron chi connectivity index (χ4n) is 2.58. The standard InChI is InChI=1S/C18H19FN4O/c19-16-10-13(11-20)4-5-17(16)24-12-15-2-1-3-18(23-15)22-14-6-8-21-9-7-14/h1-5,10,14,21H,6-9,12H2,(H,22,23)/i/hD. The minimum atomic E-state index is -0.560. The first kappa shape index (κ1) is 14.9. The highest BCUT2D eigenvalue weighted by molar-refractivity contribution is 5.38. The largest absolute Gasteiger partial charge is 0.484 e. The van der Waals surface area contributed by atoms with E-state index in [1.54, 1.807) is 5.31 Å². The second-order valence-corrected chi connectivity index (χ2v) is 5.65. The molecule has 0 saturated carbocycles. The number of nitriles is 1. The highest BCUT2D eigenvalue weighted by atomic mass is 19.1. The predicted octanol–water partition coefficient (Wildman–Crippen LogP) is 2.84. The number of halogens is 1. The lowest BCUT2D eigenvalue weighted by molar-refractivity contribution is 0.286. The maximum Gasteiger partial charge on any atom is 0.166 e. The summed E-state index contributed by atoms with van der Waals surface area (Å²) in [4.78, 5) is 4.49. The molecule has 1 aromatic heterocycles. The van der Waals surface area contributed by atoms with Gasteiger partial charge in [-0.25, -0.2) is 9.37 Å². The third kappa shape index (κ3) is 4.21. The molecule has 2 N–H and O–H groups in total. The molecular weight excluding hydrogens is 307 g/mol. The van der Waals surface area contributed by atoms with Crippen LogP contribution in [0.15, 0.2) is 36.4 Å². The third-order valence-electron chi connectivity index (χ3n) is 3.87. The zero-order valence-electron chi connectivity index (χ0n) is 14.2. The summed E-state index contributed by atoms with van der Waals surface area (Å²) in [6.45, 7) is 1.64. The summed E-state index contributed by atoms with van der Waals surface area (Å²) < 4.78 is 26.9. The normalized spacial score (nSPS) is 16.2. The Kier molecular flexibility index (Phi) is 4.82. The maximum atomic E-state index is 13.8. The summed E-state index contributed by atoms with van der Waals surface area (Å²) in [7, 11) is 0. The summed E-state index contributed by atoms with van der Waals surface area (Å²) in [5.74, 6) is 0.294. The number of aromatic nitrogens is 1. The molecule has 5 nitrogen and oxygen atoms in total. The van der Waals surface area contributed by atoms with Crippen molar-refractivity contribution in [1.82, 2.24) is 10.3 Å². The number of piperidine rings is 1. The number of anilines is 1. The van der Waals surface area contributed by atoms with Gasteiger partial charge in [0.1, 0.15) is 13.8 Å².